The van der Waals surface area contributed by atoms with E-state index in [0.717, 1.165) is 38.3 Å². The van der Waals surface area contributed by atoms with Crippen LogP contribution in [0.4, 0.5) is 0 Å². The minimum absolute atomic E-state index is 0. The number of methoxy groups -OCH3 is 1. The first-order valence-corrected chi connectivity index (χ1v) is 9.29. The summed E-state index contributed by atoms with van der Waals surface area (Å²) < 4.78 is 17.3. The number of halogens is 1. The Morgan fingerprint density at radius 3 is 2.76 bits per heavy atom. The Balaban J connectivity index is 0.00000240. The van der Waals surface area contributed by atoms with E-state index in [0.29, 0.717) is 35.1 Å². The van der Waals surface area contributed by atoms with E-state index in [9.17, 15) is 0 Å². The largest absolute Gasteiger partial charge is 0.494 e. The molecule has 3 aromatic rings. The van der Waals surface area contributed by atoms with Gasteiger partial charge in [0.05, 0.1) is 7.11 Å². The molecule has 0 unspecified atom stereocenters. The molecular weight excluding hydrogens is 392 g/mol. The van der Waals surface area contributed by atoms with Gasteiger partial charge in [-0.05, 0) is 30.2 Å². The van der Waals surface area contributed by atoms with Crippen LogP contribution in [0.3, 0.4) is 0 Å². The highest BCUT2D eigenvalue weighted by Gasteiger charge is 2.16. The second kappa shape index (κ2) is 10.1. The first-order chi connectivity index (χ1) is 13.8. The molecule has 4 rings (SSSR count). The van der Waals surface area contributed by atoms with Gasteiger partial charge in [0.15, 0.2) is 11.3 Å². The number of pyridine rings is 1. The van der Waals surface area contributed by atoms with Gasteiger partial charge in [-0.2, -0.15) is 4.98 Å². The van der Waals surface area contributed by atoms with E-state index in [-0.39, 0.29) is 12.4 Å². The van der Waals surface area contributed by atoms with E-state index in [1.54, 1.807) is 19.5 Å². The van der Waals surface area contributed by atoms with Crippen LogP contribution in [0.25, 0.3) is 11.1 Å². The summed E-state index contributed by atoms with van der Waals surface area (Å²) in [5.41, 5.74) is 1.96. The summed E-state index contributed by atoms with van der Waals surface area (Å²) in [4.78, 5) is 10.9. The van der Waals surface area contributed by atoms with Gasteiger partial charge < -0.3 is 19.2 Å². The van der Waals surface area contributed by atoms with Gasteiger partial charge in [-0.3, -0.25) is 9.88 Å². The van der Waals surface area contributed by atoms with Gasteiger partial charge in [0.25, 0.3) is 5.89 Å². The first kappa shape index (κ1) is 20.9. The normalized spacial score (nSPS) is 14.0. The number of nitrogens with one attached hydrogen (secondary N) is 1. The highest BCUT2D eigenvalue weighted by atomic mass is 35.5. The summed E-state index contributed by atoms with van der Waals surface area (Å²) >= 11 is 0. The van der Waals surface area contributed by atoms with Crippen molar-refractivity contribution >= 4 is 23.5 Å². The molecule has 0 radical (unpaired) electrons. The van der Waals surface area contributed by atoms with Crippen LogP contribution in [-0.4, -0.2) is 61.3 Å². The third kappa shape index (κ3) is 5.18. The van der Waals surface area contributed by atoms with Crippen molar-refractivity contribution in [3.8, 4) is 23.3 Å². The molecule has 1 fully saturated rings. The summed E-state index contributed by atoms with van der Waals surface area (Å²) in [6.45, 7) is 5.58. The quantitative estimate of drug-likeness (QED) is 0.642. The highest BCUT2D eigenvalue weighted by molar-refractivity contribution is 5.86. The first-order valence-electron chi connectivity index (χ1n) is 9.29. The maximum atomic E-state index is 5.99. The summed E-state index contributed by atoms with van der Waals surface area (Å²) in [5, 5.41) is 3.35. The molecule has 0 amide bonds. The minimum atomic E-state index is 0. The lowest BCUT2D eigenvalue weighted by Gasteiger charge is -2.26. The molecule has 1 N–H and O–H groups in total. The third-order valence-electron chi connectivity index (χ3n) is 4.54. The van der Waals surface area contributed by atoms with Crippen LogP contribution in [0.2, 0.25) is 0 Å². The number of ether oxygens (including phenoxy) is 2. The van der Waals surface area contributed by atoms with E-state index >= 15 is 0 Å². The average Bonchev–Trinajstić information content (AvgIpc) is 3.18. The van der Waals surface area contributed by atoms with Gasteiger partial charge in [-0.15, -0.1) is 12.4 Å². The molecular formula is C21H23ClN4O3. The van der Waals surface area contributed by atoms with Crippen molar-refractivity contribution in [2.24, 2.45) is 0 Å². The monoisotopic (exact) mass is 414 g/mol. The summed E-state index contributed by atoms with van der Waals surface area (Å²) in [6.07, 6.45) is 3.40. The van der Waals surface area contributed by atoms with Crippen LogP contribution in [0.1, 0.15) is 11.5 Å². The molecule has 1 aromatic carbocycles. The Morgan fingerprint density at radius 1 is 1.17 bits per heavy atom. The SMILES string of the molecule is COc1ccc(OCCN2CCNCC2)c2oc(C#Cc3cccnc3)nc12.Cl. The van der Waals surface area contributed by atoms with Gasteiger partial charge >= 0.3 is 0 Å². The van der Waals surface area contributed by atoms with Gasteiger partial charge in [0.1, 0.15) is 12.4 Å². The zero-order chi connectivity index (χ0) is 19.2. The number of benzene rings is 1. The molecule has 29 heavy (non-hydrogen) atoms. The maximum absolute atomic E-state index is 5.99. The van der Waals surface area contributed by atoms with E-state index in [4.69, 9.17) is 13.9 Å². The second-order valence-corrected chi connectivity index (χ2v) is 6.39. The van der Waals surface area contributed by atoms with Crippen LogP contribution < -0.4 is 14.8 Å². The van der Waals surface area contributed by atoms with E-state index < -0.39 is 0 Å². The van der Waals surface area contributed by atoms with Gasteiger partial charge in [-0.25, -0.2) is 0 Å². The van der Waals surface area contributed by atoms with Crippen molar-refractivity contribution in [3.05, 3.63) is 48.1 Å². The van der Waals surface area contributed by atoms with E-state index in [2.05, 4.69) is 32.0 Å². The summed E-state index contributed by atoms with van der Waals surface area (Å²) in [7, 11) is 1.61. The number of nitrogens with zero attached hydrogens (tertiary/aromatic N) is 3. The van der Waals surface area contributed by atoms with Crippen LogP contribution in [0.5, 0.6) is 11.5 Å². The molecule has 0 aliphatic carbocycles. The molecule has 1 aliphatic heterocycles. The molecule has 1 aliphatic rings. The zero-order valence-corrected chi connectivity index (χ0v) is 17.0. The fourth-order valence-corrected chi connectivity index (χ4v) is 3.07. The third-order valence-corrected chi connectivity index (χ3v) is 4.54. The topological polar surface area (TPSA) is 72.7 Å². The van der Waals surface area contributed by atoms with Crippen LogP contribution in [0, 0.1) is 11.8 Å². The van der Waals surface area contributed by atoms with Gasteiger partial charge in [0.2, 0.25) is 5.58 Å². The Labute approximate surface area is 175 Å². The fraction of sp³-hybridized carbons (Fsp3) is 0.333. The Bertz CT molecular complexity index is 992. The molecule has 3 heterocycles. The van der Waals surface area contributed by atoms with Crippen LogP contribution in [-0.2, 0) is 0 Å². The Kier molecular flexibility index (Phi) is 7.30. The predicted molar refractivity (Wildman–Crippen MR) is 113 cm³/mol. The standard InChI is InChI=1S/C21H22N4O3.ClH/c1-26-17-5-6-18(27-14-13-25-11-9-22-10-12-25)21-20(17)24-19(28-21)7-4-16-3-2-8-23-15-16;/h2-3,5-6,8,15,22H,9-14H2,1H3;1H. The number of oxazole rings is 1. The van der Waals surface area contributed by atoms with Crippen LogP contribution in [0.15, 0.2) is 41.1 Å². The van der Waals surface area contributed by atoms with Crippen molar-refractivity contribution in [1.82, 2.24) is 20.2 Å². The van der Waals surface area contributed by atoms with Gasteiger partial charge in [-0.1, -0.05) is 5.92 Å². The number of piperazine rings is 1. The fourth-order valence-electron chi connectivity index (χ4n) is 3.07. The number of fused-ring (bicyclic) bond motifs is 1. The predicted octanol–water partition coefficient (Wildman–Crippen LogP) is 2.34. The van der Waals surface area contributed by atoms with Crippen molar-refractivity contribution in [1.29, 1.82) is 0 Å². The van der Waals surface area contributed by atoms with Crippen molar-refractivity contribution in [2.75, 3.05) is 46.4 Å². The molecule has 0 saturated carbocycles. The summed E-state index contributed by atoms with van der Waals surface area (Å²) in [5.74, 6) is 7.53. The zero-order valence-electron chi connectivity index (χ0n) is 16.2. The minimum Gasteiger partial charge on any atom is -0.494 e. The van der Waals surface area contributed by atoms with E-state index in [1.807, 2.05) is 24.3 Å². The van der Waals surface area contributed by atoms with Crippen molar-refractivity contribution < 1.29 is 13.9 Å². The highest BCUT2D eigenvalue weighted by Crippen LogP contribution is 2.33. The molecule has 8 heteroatoms. The number of aromatic nitrogens is 2. The van der Waals surface area contributed by atoms with Gasteiger partial charge in [0, 0.05) is 50.7 Å². The van der Waals surface area contributed by atoms with Crippen molar-refractivity contribution in [3.63, 3.8) is 0 Å². The van der Waals surface area contributed by atoms with E-state index in [1.165, 1.54) is 0 Å². The smallest absolute Gasteiger partial charge is 0.274 e. The Hall–Kier alpha value is -2.79. The molecule has 0 spiro atoms. The molecule has 7 nitrogen and oxygen atoms in total. The number of rotatable bonds is 5. The molecule has 0 atom stereocenters. The molecule has 2 aromatic heterocycles. The Morgan fingerprint density at radius 2 is 2.00 bits per heavy atom. The number of hydrogen-bond acceptors (Lipinski definition) is 7. The van der Waals surface area contributed by atoms with Crippen molar-refractivity contribution in [2.45, 2.75) is 0 Å². The lowest BCUT2D eigenvalue weighted by Crippen LogP contribution is -2.44. The lowest BCUT2D eigenvalue weighted by atomic mass is 10.3. The molecule has 0 bridgehead atoms. The second-order valence-electron chi connectivity index (χ2n) is 6.39. The number of hydrogen-bond donors (Lipinski definition) is 1. The van der Waals surface area contributed by atoms with Crippen LogP contribution >= 0.6 is 12.4 Å². The summed E-state index contributed by atoms with van der Waals surface area (Å²) in [6, 6.07) is 7.41. The maximum Gasteiger partial charge on any atom is 0.274 e. The molecule has 1 saturated heterocycles. The average molecular weight is 415 g/mol. The molecule has 152 valence electrons. The lowest BCUT2D eigenvalue weighted by molar-refractivity contribution is 0.191.